The minimum atomic E-state index is -3.36. The van der Waals surface area contributed by atoms with Crippen LogP contribution in [0, 0.1) is 0 Å². The third-order valence-electron chi connectivity index (χ3n) is 2.73. The van der Waals surface area contributed by atoms with Gasteiger partial charge in [-0.2, -0.15) is 4.37 Å². The van der Waals surface area contributed by atoms with Crippen LogP contribution in [0.3, 0.4) is 0 Å². The molecule has 0 aliphatic heterocycles. The third kappa shape index (κ3) is 3.80. The standard InChI is InChI=1S/C11H21N3O3S2/c1-4-14(7-8-17-5-2)11-9(10(12)13-18-11)19(15,16)6-3/h4-8H2,1-3H3,(H2,12,13). The van der Waals surface area contributed by atoms with Crippen LogP contribution in [0.2, 0.25) is 0 Å². The van der Waals surface area contributed by atoms with Gasteiger partial charge in [0.1, 0.15) is 9.90 Å². The van der Waals surface area contributed by atoms with Crippen LogP contribution in [0.4, 0.5) is 10.8 Å². The number of hydrogen-bond donors (Lipinski definition) is 1. The van der Waals surface area contributed by atoms with E-state index in [1.54, 1.807) is 6.92 Å². The molecule has 1 aromatic rings. The third-order valence-corrected chi connectivity index (χ3v) is 5.56. The van der Waals surface area contributed by atoms with Crippen molar-refractivity contribution in [1.82, 2.24) is 4.37 Å². The van der Waals surface area contributed by atoms with Crippen molar-refractivity contribution in [2.24, 2.45) is 0 Å². The second-order valence-electron chi connectivity index (χ2n) is 3.88. The van der Waals surface area contributed by atoms with Gasteiger partial charge in [-0.05, 0) is 25.4 Å². The fourth-order valence-electron chi connectivity index (χ4n) is 1.65. The molecule has 0 bridgehead atoms. The van der Waals surface area contributed by atoms with Crippen LogP contribution in [0.25, 0.3) is 0 Å². The predicted molar refractivity (Wildman–Crippen MR) is 78.6 cm³/mol. The molecule has 0 radical (unpaired) electrons. The van der Waals surface area contributed by atoms with Crippen molar-refractivity contribution >= 4 is 32.2 Å². The Bertz CT molecular complexity index is 499. The second kappa shape index (κ2) is 7.06. The molecular formula is C11H21N3O3S2. The van der Waals surface area contributed by atoms with E-state index >= 15 is 0 Å². The van der Waals surface area contributed by atoms with Crippen LogP contribution < -0.4 is 10.6 Å². The van der Waals surface area contributed by atoms with Gasteiger partial charge in [0.05, 0.1) is 12.4 Å². The smallest absolute Gasteiger partial charge is 0.184 e. The highest BCUT2D eigenvalue weighted by Gasteiger charge is 2.26. The quantitative estimate of drug-likeness (QED) is 0.730. The summed E-state index contributed by atoms with van der Waals surface area (Å²) in [5.74, 6) is 0.114. The summed E-state index contributed by atoms with van der Waals surface area (Å²) in [6.45, 7) is 7.99. The molecule has 1 aromatic heterocycles. The van der Waals surface area contributed by atoms with Crippen molar-refractivity contribution in [3.8, 4) is 0 Å². The monoisotopic (exact) mass is 307 g/mol. The Morgan fingerprint density at radius 3 is 2.58 bits per heavy atom. The molecule has 0 atom stereocenters. The Labute approximate surface area is 118 Å². The number of nitrogens with zero attached hydrogens (tertiary/aromatic N) is 2. The van der Waals surface area contributed by atoms with E-state index in [9.17, 15) is 8.42 Å². The van der Waals surface area contributed by atoms with E-state index in [0.717, 1.165) is 11.5 Å². The summed E-state index contributed by atoms with van der Waals surface area (Å²) in [5.41, 5.74) is 5.71. The van der Waals surface area contributed by atoms with Crippen molar-refractivity contribution in [3.05, 3.63) is 0 Å². The van der Waals surface area contributed by atoms with E-state index in [4.69, 9.17) is 10.5 Å². The van der Waals surface area contributed by atoms with Gasteiger partial charge in [0, 0.05) is 19.7 Å². The maximum Gasteiger partial charge on any atom is 0.184 e. The van der Waals surface area contributed by atoms with E-state index in [1.165, 1.54) is 0 Å². The zero-order chi connectivity index (χ0) is 14.5. The van der Waals surface area contributed by atoms with Crippen molar-refractivity contribution in [2.45, 2.75) is 25.7 Å². The topological polar surface area (TPSA) is 85.5 Å². The van der Waals surface area contributed by atoms with Gasteiger partial charge in [0.15, 0.2) is 15.7 Å². The average molecular weight is 307 g/mol. The summed E-state index contributed by atoms with van der Waals surface area (Å²) < 4.78 is 33.5. The molecule has 0 spiro atoms. The second-order valence-corrected chi connectivity index (χ2v) is 6.85. The number of sulfone groups is 1. The lowest BCUT2D eigenvalue weighted by Gasteiger charge is -2.21. The molecule has 0 saturated carbocycles. The molecule has 0 unspecified atom stereocenters. The first kappa shape index (κ1) is 16.2. The number of aromatic nitrogens is 1. The van der Waals surface area contributed by atoms with Crippen molar-refractivity contribution in [1.29, 1.82) is 0 Å². The fourth-order valence-corrected chi connectivity index (χ4v) is 4.04. The number of nitrogens with two attached hydrogens (primary N) is 1. The van der Waals surface area contributed by atoms with Gasteiger partial charge in [-0.1, -0.05) is 6.92 Å². The van der Waals surface area contributed by atoms with Gasteiger partial charge in [-0.25, -0.2) is 8.42 Å². The van der Waals surface area contributed by atoms with E-state index in [-0.39, 0.29) is 16.5 Å². The van der Waals surface area contributed by atoms with Crippen LogP contribution in [-0.2, 0) is 14.6 Å². The lowest BCUT2D eigenvalue weighted by Crippen LogP contribution is -2.28. The van der Waals surface area contributed by atoms with E-state index in [0.29, 0.717) is 31.3 Å². The highest BCUT2D eigenvalue weighted by atomic mass is 32.2. The van der Waals surface area contributed by atoms with Crippen molar-refractivity contribution in [3.63, 3.8) is 0 Å². The molecule has 0 aliphatic carbocycles. The van der Waals surface area contributed by atoms with Gasteiger partial charge in [-0.3, -0.25) is 0 Å². The highest BCUT2D eigenvalue weighted by molar-refractivity contribution is 7.91. The Kier molecular flexibility index (Phi) is 6.02. The maximum absolute atomic E-state index is 12.1. The van der Waals surface area contributed by atoms with Crippen molar-refractivity contribution in [2.75, 3.05) is 42.7 Å². The molecule has 6 nitrogen and oxygen atoms in total. The van der Waals surface area contributed by atoms with Crippen LogP contribution >= 0.6 is 11.5 Å². The number of rotatable bonds is 8. The molecule has 0 fully saturated rings. The summed E-state index contributed by atoms with van der Waals surface area (Å²) in [5, 5.41) is 0.613. The summed E-state index contributed by atoms with van der Waals surface area (Å²) in [6.07, 6.45) is 0. The van der Waals surface area contributed by atoms with Crippen molar-refractivity contribution < 1.29 is 13.2 Å². The molecule has 19 heavy (non-hydrogen) atoms. The highest BCUT2D eigenvalue weighted by Crippen LogP contribution is 2.35. The predicted octanol–water partition coefficient (Wildman–Crippen LogP) is 1.38. The Morgan fingerprint density at radius 2 is 2.05 bits per heavy atom. The maximum atomic E-state index is 12.1. The summed E-state index contributed by atoms with van der Waals surface area (Å²) in [7, 11) is -3.36. The minimum Gasteiger partial charge on any atom is -0.382 e. The molecule has 0 aliphatic rings. The number of ether oxygens (including phenoxy) is 1. The molecular weight excluding hydrogens is 286 g/mol. The molecule has 1 heterocycles. The van der Waals surface area contributed by atoms with E-state index in [1.807, 2.05) is 18.7 Å². The minimum absolute atomic E-state index is 0.0195. The molecule has 1 rings (SSSR count). The first-order chi connectivity index (χ1) is 8.97. The largest absolute Gasteiger partial charge is 0.382 e. The Morgan fingerprint density at radius 1 is 1.37 bits per heavy atom. The molecule has 0 saturated heterocycles. The molecule has 110 valence electrons. The zero-order valence-electron chi connectivity index (χ0n) is 11.5. The summed E-state index contributed by atoms with van der Waals surface area (Å²) in [4.78, 5) is 2.10. The molecule has 8 heteroatoms. The molecule has 2 N–H and O–H groups in total. The number of anilines is 2. The van der Waals surface area contributed by atoms with Crippen LogP contribution in [-0.4, -0.2) is 44.8 Å². The van der Waals surface area contributed by atoms with Gasteiger partial charge in [0.25, 0.3) is 0 Å². The van der Waals surface area contributed by atoms with E-state index < -0.39 is 9.84 Å². The number of likely N-dealkylation sites (N-methyl/N-ethyl adjacent to an activating group) is 1. The lowest BCUT2D eigenvalue weighted by molar-refractivity contribution is 0.154. The van der Waals surface area contributed by atoms with Gasteiger partial charge < -0.3 is 15.4 Å². The van der Waals surface area contributed by atoms with Crippen LogP contribution in [0.5, 0.6) is 0 Å². The van der Waals surface area contributed by atoms with Gasteiger partial charge >= 0.3 is 0 Å². The molecule has 0 aromatic carbocycles. The van der Waals surface area contributed by atoms with Gasteiger partial charge in [0.2, 0.25) is 0 Å². The Balaban J connectivity index is 3.05. The van der Waals surface area contributed by atoms with Crippen LogP contribution in [0.1, 0.15) is 20.8 Å². The average Bonchev–Trinajstić information content (AvgIpc) is 2.77. The SMILES string of the molecule is CCOCCN(CC)c1snc(N)c1S(=O)(=O)CC. The fraction of sp³-hybridized carbons (Fsp3) is 0.727. The van der Waals surface area contributed by atoms with Crippen LogP contribution in [0.15, 0.2) is 4.90 Å². The first-order valence-corrected chi connectivity index (χ1v) is 8.71. The number of nitrogen functional groups attached to an aromatic ring is 1. The number of hydrogen-bond acceptors (Lipinski definition) is 7. The molecule has 0 amide bonds. The lowest BCUT2D eigenvalue weighted by atomic mass is 10.4. The first-order valence-electron chi connectivity index (χ1n) is 6.28. The van der Waals surface area contributed by atoms with E-state index in [2.05, 4.69) is 4.37 Å². The zero-order valence-corrected chi connectivity index (χ0v) is 13.2. The Hall–Kier alpha value is -0.860. The summed E-state index contributed by atoms with van der Waals surface area (Å²) >= 11 is 1.13. The van der Waals surface area contributed by atoms with Gasteiger partial charge in [-0.15, -0.1) is 0 Å². The normalized spacial score (nSPS) is 11.7. The summed E-state index contributed by atoms with van der Waals surface area (Å²) in [6, 6.07) is 0.